The number of benzene rings is 1. The SMILES string of the molecule is [B]c1ccc(CNS(C)(=O)=O)cc1. The second-order valence-corrected chi connectivity index (χ2v) is 4.67. The van der Waals surface area contributed by atoms with Gasteiger partial charge in [-0.1, -0.05) is 29.7 Å². The fourth-order valence-corrected chi connectivity index (χ4v) is 1.28. The lowest BCUT2D eigenvalue weighted by molar-refractivity contribution is 0.587. The van der Waals surface area contributed by atoms with Crippen molar-refractivity contribution < 1.29 is 8.42 Å². The molecular formula is C8H10BNO2S. The van der Waals surface area contributed by atoms with Gasteiger partial charge in [-0.15, -0.1) is 0 Å². The first kappa shape index (κ1) is 10.3. The summed E-state index contributed by atoms with van der Waals surface area (Å²) in [6.45, 7) is 0.305. The number of sulfonamides is 1. The van der Waals surface area contributed by atoms with Crippen molar-refractivity contribution in [3.05, 3.63) is 29.8 Å². The molecule has 13 heavy (non-hydrogen) atoms. The Morgan fingerprint density at radius 1 is 1.31 bits per heavy atom. The minimum atomic E-state index is -3.11. The monoisotopic (exact) mass is 195 g/mol. The van der Waals surface area contributed by atoms with Crippen LogP contribution in [-0.2, 0) is 16.6 Å². The van der Waals surface area contributed by atoms with Gasteiger partial charge >= 0.3 is 0 Å². The van der Waals surface area contributed by atoms with Gasteiger partial charge in [0, 0.05) is 6.54 Å². The van der Waals surface area contributed by atoms with Crippen LogP contribution in [0, 0.1) is 0 Å². The lowest BCUT2D eigenvalue weighted by Crippen LogP contribution is -2.21. The van der Waals surface area contributed by atoms with E-state index in [0.29, 0.717) is 12.0 Å². The Kier molecular flexibility index (Phi) is 3.11. The molecular weight excluding hydrogens is 185 g/mol. The van der Waals surface area contributed by atoms with Crippen molar-refractivity contribution in [3.8, 4) is 0 Å². The van der Waals surface area contributed by atoms with Crippen molar-refractivity contribution in [3.63, 3.8) is 0 Å². The van der Waals surface area contributed by atoms with Gasteiger partial charge in [0.1, 0.15) is 7.85 Å². The molecule has 0 heterocycles. The predicted molar refractivity (Wildman–Crippen MR) is 53.5 cm³/mol. The van der Waals surface area contributed by atoms with Crippen molar-refractivity contribution in [2.75, 3.05) is 6.26 Å². The fourth-order valence-electron chi connectivity index (χ4n) is 0.850. The average Bonchev–Trinajstić information content (AvgIpc) is 2.02. The van der Waals surface area contributed by atoms with E-state index in [2.05, 4.69) is 4.72 Å². The molecule has 0 atom stereocenters. The molecule has 0 fully saturated rings. The molecule has 0 saturated heterocycles. The van der Waals surface area contributed by atoms with Crippen molar-refractivity contribution >= 4 is 23.3 Å². The molecule has 0 aliphatic heterocycles. The van der Waals surface area contributed by atoms with Gasteiger partial charge in [0.25, 0.3) is 0 Å². The lowest BCUT2D eigenvalue weighted by Gasteiger charge is -2.02. The summed E-state index contributed by atoms with van der Waals surface area (Å²) in [5.74, 6) is 0. The summed E-state index contributed by atoms with van der Waals surface area (Å²) in [7, 11) is 2.36. The summed E-state index contributed by atoms with van der Waals surface area (Å²) in [5.41, 5.74) is 1.56. The van der Waals surface area contributed by atoms with Crippen LogP contribution >= 0.6 is 0 Å². The molecule has 1 aromatic rings. The molecule has 1 aromatic carbocycles. The average molecular weight is 195 g/mol. The maximum atomic E-state index is 10.7. The highest BCUT2D eigenvalue weighted by molar-refractivity contribution is 7.88. The van der Waals surface area contributed by atoms with Gasteiger partial charge in [0.2, 0.25) is 10.0 Å². The van der Waals surface area contributed by atoms with Crippen LogP contribution in [0.5, 0.6) is 0 Å². The van der Waals surface area contributed by atoms with Gasteiger partial charge in [0.05, 0.1) is 6.26 Å². The van der Waals surface area contributed by atoms with Crippen LogP contribution in [0.15, 0.2) is 24.3 Å². The molecule has 0 aliphatic carbocycles. The van der Waals surface area contributed by atoms with Gasteiger partial charge in [-0.05, 0) is 5.56 Å². The standard InChI is InChI=1S/C8H10BNO2S/c1-13(11,12)10-6-7-2-4-8(9)5-3-7/h2-5,10H,6H2,1H3. The highest BCUT2D eigenvalue weighted by Gasteiger charge is 1.99. The third-order valence-corrected chi connectivity index (χ3v) is 2.19. The van der Waals surface area contributed by atoms with E-state index in [1.807, 2.05) is 0 Å². The van der Waals surface area contributed by atoms with E-state index < -0.39 is 10.0 Å². The third-order valence-electron chi connectivity index (χ3n) is 1.52. The van der Waals surface area contributed by atoms with Crippen LogP contribution in [0.25, 0.3) is 0 Å². The Labute approximate surface area is 79.6 Å². The van der Waals surface area contributed by atoms with Gasteiger partial charge in [-0.3, -0.25) is 0 Å². The molecule has 0 aliphatic rings. The van der Waals surface area contributed by atoms with E-state index in [4.69, 9.17) is 7.85 Å². The van der Waals surface area contributed by atoms with E-state index in [9.17, 15) is 8.42 Å². The van der Waals surface area contributed by atoms with E-state index in [-0.39, 0.29) is 0 Å². The van der Waals surface area contributed by atoms with Crippen LogP contribution in [-0.4, -0.2) is 22.5 Å². The quantitative estimate of drug-likeness (QED) is 0.662. The van der Waals surface area contributed by atoms with E-state index in [0.717, 1.165) is 11.8 Å². The maximum absolute atomic E-state index is 10.7. The Morgan fingerprint density at radius 2 is 1.85 bits per heavy atom. The molecule has 1 rings (SSSR count). The largest absolute Gasteiger partial charge is 0.213 e. The number of nitrogens with one attached hydrogen (secondary N) is 1. The minimum absolute atomic E-state index is 0.305. The summed E-state index contributed by atoms with van der Waals surface area (Å²) in [4.78, 5) is 0. The molecule has 0 amide bonds. The zero-order chi connectivity index (χ0) is 9.90. The van der Waals surface area contributed by atoms with Crippen LogP contribution < -0.4 is 10.2 Å². The predicted octanol–water partition coefficient (Wildman–Crippen LogP) is -0.470. The van der Waals surface area contributed by atoms with Crippen LogP contribution in [0.2, 0.25) is 0 Å². The molecule has 0 spiro atoms. The highest BCUT2D eigenvalue weighted by Crippen LogP contribution is 1.95. The molecule has 0 unspecified atom stereocenters. The third kappa shape index (κ3) is 4.10. The lowest BCUT2D eigenvalue weighted by atomic mass is 9.95. The Hall–Kier alpha value is -0.805. The maximum Gasteiger partial charge on any atom is 0.209 e. The van der Waals surface area contributed by atoms with E-state index in [1.165, 1.54) is 0 Å². The van der Waals surface area contributed by atoms with Gasteiger partial charge in [-0.25, -0.2) is 13.1 Å². The number of hydrogen-bond donors (Lipinski definition) is 1. The van der Waals surface area contributed by atoms with E-state index >= 15 is 0 Å². The Bertz CT molecular complexity index is 372. The topological polar surface area (TPSA) is 46.2 Å². The molecule has 0 aromatic heterocycles. The zero-order valence-corrected chi connectivity index (χ0v) is 8.14. The van der Waals surface area contributed by atoms with Crippen LogP contribution in [0.3, 0.4) is 0 Å². The van der Waals surface area contributed by atoms with Crippen molar-refractivity contribution in [1.82, 2.24) is 4.72 Å². The van der Waals surface area contributed by atoms with Gasteiger partial charge in [-0.2, -0.15) is 0 Å². The van der Waals surface area contributed by atoms with Gasteiger partial charge < -0.3 is 0 Å². The molecule has 3 nitrogen and oxygen atoms in total. The molecule has 0 saturated carbocycles. The molecule has 5 heteroatoms. The van der Waals surface area contributed by atoms with Crippen LogP contribution in [0.1, 0.15) is 5.56 Å². The summed E-state index contributed by atoms with van der Waals surface area (Å²) >= 11 is 0. The van der Waals surface area contributed by atoms with Crippen LogP contribution in [0.4, 0.5) is 0 Å². The fraction of sp³-hybridized carbons (Fsp3) is 0.250. The Morgan fingerprint density at radius 3 is 2.31 bits per heavy atom. The first-order valence-corrected chi connectivity index (χ1v) is 5.65. The van der Waals surface area contributed by atoms with Crippen molar-refractivity contribution in [2.24, 2.45) is 0 Å². The second kappa shape index (κ2) is 3.94. The smallest absolute Gasteiger partial charge is 0.209 e. The number of hydrogen-bond acceptors (Lipinski definition) is 2. The summed E-state index contributed by atoms with van der Waals surface area (Å²) in [6.07, 6.45) is 1.13. The summed E-state index contributed by atoms with van der Waals surface area (Å²) < 4.78 is 23.9. The number of rotatable bonds is 3. The normalized spacial score (nSPS) is 11.5. The molecule has 68 valence electrons. The minimum Gasteiger partial charge on any atom is -0.213 e. The molecule has 2 radical (unpaired) electrons. The van der Waals surface area contributed by atoms with Gasteiger partial charge in [0.15, 0.2) is 0 Å². The van der Waals surface area contributed by atoms with E-state index in [1.54, 1.807) is 24.3 Å². The van der Waals surface area contributed by atoms with Crippen molar-refractivity contribution in [1.29, 1.82) is 0 Å². The second-order valence-electron chi connectivity index (χ2n) is 2.83. The first-order chi connectivity index (χ1) is 5.97. The molecule has 1 N–H and O–H groups in total. The highest BCUT2D eigenvalue weighted by atomic mass is 32.2. The summed E-state index contributed by atoms with van der Waals surface area (Å²) in [5, 5.41) is 0. The molecule has 0 bridgehead atoms. The first-order valence-electron chi connectivity index (χ1n) is 3.76. The summed E-state index contributed by atoms with van der Waals surface area (Å²) in [6, 6.07) is 7.04. The Balaban J connectivity index is 2.61. The zero-order valence-electron chi connectivity index (χ0n) is 7.32. The van der Waals surface area contributed by atoms with Crippen molar-refractivity contribution in [2.45, 2.75) is 6.54 Å².